The van der Waals surface area contributed by atoms with Crippen molar-refractivity contribution in [3.05, 3.63) is 46.5 Å². The molecule has 0 saturated carbocycles. The van der Waals surface area contributed by atoms with Crippen molar-refractivity contribution in [3.63, 3.8) is 0 Å². The van der Waals surface area contributed by atoms with E-state index in [1.165, 1.54) is 5.56 Å². The average Bonchev–Trinajstić information content (AvgIpc) is 2.96. The van der Waals surface area contributed by atoms with Gasteiger partial charge in [0.2, 0.25) is 5.91 Å². The molecule has 1 unspecified atom stereocenters. The molecule has 0 aliphatic carbocycles. The molecule has 0 radical (unpaired) electrons. The zero-order valence-corrected chi connectivity index (χ0v) is 15.6. The standard InChI is InChI=1S/C18H25N5OS/c1-3-7-16-19-20-18(25)23(16)13-17(24)22-11-10-21(2)12-15(22)14-8-5-4-6-9-14/h4-6,8-9,15H,3,7,10-13H2,1-2H3,(H,20,25). The molecule has 0 spiro atoms. The molecule has 134 valence electrons. The van der Waals surface area contributed by atoms with Crippen LogP contribution in [-0.4, -0.2) is 57.2 Å². The Morgan fingerprint density at radius 2 is 2.08 bits per heavy atom. The van der Waals surface area contributed by atoms with Crippen molar-refractivity contribution in [2.24, 2.45) is 0 Å². The SMILES string of the molecule is CCCc1n[nH]c(=S)n1CC(=O)N1CCN(C)CC1c1ccccc1. The number of amides is 1. The second-order valence-corrected chi connectivity index (χ2v) is 6.94. The molecule has 1 fully saturated rings. The maximum Gasteiger partial charge on any atom is 0.243 e. The van der Waals surface area contributed by atoms with Crippen LogP contribution in [0.15, 0.2) is 30.3 Å². The quantitative estimate of drug-likeness (QED) is 0.833. The highest BCUT2D eigenvalue weighted by molar-refractivity contribution is 7.71. The number of H-pyrrole nitrogens is 1. The maximum atomic E-state index is 13.1. The van der Waals surface area contributed by atoms with Gasteiger partial charge in [0, 0.05) is 26.1 Å². The summed E-state index contributed by atoms with van der Waals surface area (Å²) in [5.41, 5.74) is 1.17. The predicted octanol–water partition coefficient (Wildman–Crippen LogP) is 2.41. The van der Waals surface area contributed by atoms with E-state index in [9.17, 15) is 4.79 Å². The summed E-state index contributed by atoms with van der Waals surface area (Å²) in [6.07, 6.45) is 1.78. The lowest BCUT2D eigenvalue weighted by Crippen LogP contribution is -2.50. The number of piperazine rings is 1. The molecule has 1 aromatic heterocycles. The van der Waals surface area contributed by atoms with Crippen molar-refractivity contribution in [3.8, 4) is 0 Å². The molecule has 6 nitrogen and oxygen atoms in total. The molecule has 1 aliphatic rings. The first kappa shape index (κ1) is 17.8. The lowest BCUT2D eigenvalue weighted by molar-refractivity contribution is -0.136. The number of nitrogens with one attached hydrogen (secondary N) is 1. The minimum absolute atomic E-state index is 0.0724. The van der Waals surface area contributed by atoms with Crippen LogP contribution in [-0.2, 0) is 17.8 Å². The van der Waals surface area contributed by atoms with Crippen LogP contribution < -0.4 is 0 Å². The predicted molar refractivity (Wildman–Crippen MR) is 99.8 cm³/mol. The van der Waals surface area contributed by atoms with Gasteiger partial charge in [-0.3, -0.25) is 14.5 Å². The summed E-state index contributed by atoms with van der Waals surface area (Å²) in [7, 11) is 2.10. The van der Waals surface area contributed by atoms with Crippen molar-refractivity contribution >= 4 is 18.1 Å². The van der Waals surface area contributed by atoms with Crippen molar-refractivity contribution < 1.29 is 4.79 Å². The summed E-state index contributed by atoms with van der Waals surface area (Å²) in [6, 6.07) is 10.3. The van der Waals surface area contributed by atoms with Crippen molar-refractivity contribution in [1.29, 1.82) is 0 Å². The molecule has 1 atom stereocenters. The summed E-state index contributed by atoms with van der Waals surface area (Å²) in [5.74, 6) is 0.947. The number of benzene rings is 1. The number of carbonyl (C=O) groups excluding carboxylic acids is 1. The van der Waals surface area contributed by atoms with Crippen LogP contribution in [0.3, 0.4) is 0 Å². The molecular weight excluding hydrogens is 334 g/mol. The number of aromatic amines is 1. The highest BCUT2D eigenvalue weighted by Crippen LogP contribution is 2.25. The van der Waals surface area contributed by atoms with E-state index in [0.29, 0.717) is 4.77 Å². The topological polar surface area (TPSA) is 57.2 Å². The van der Waals surface area contributed by atoms with Crippen LogP contribution in [0.2, 0.25) is 0 Å². The number of rotatable bonds is 5. The third-order valence-electron chi connectivity index (χ3n) is 4.69. The molecule has 1 amide bonds. The monoisotopic (exact) mass is 359 g/mol. The van der Waals surface area contributed by atoms with Gasteiger partial charge in [0.05, 0.1) is 6.04 Å². The van der Waals surface area contributed by atoms with Crippen molar-refractivity contribution in [1.82, 2.24) is 24.6 Å². The van der Waals surface area contributed by atoms with Crippen LogP contribution in [0.4, 0.5) is 0 Å². The van der Waals surface area contributed by atoms with Gasteiger partial charge in [-0.1, -0.05) is 37.3 Å². The van der Waals surface area contributed by atoms with E-state index >= 15 is 0 Å². The largest absolute Gasteiger partial charge is 0.332 e. The Morgan fingerprint density at radius 1 is 1.32 bits per heavy atom. The molecule has 2 aromatic rings. The number of likely N-dealkylation sites (N-methyl/N-ethyl adjacent to an activating group) is 1. The first-order chi connectivity index (χ1) is 12.1. The van der Waals surface area contributed by atoms with E-state index in [0.717, 1.165) is 38.3 Å². The Balaban J connectivity index is 1.82. The lowest BCUT2D eigenvalue weighted by atomic mass is 10.0. The van der Waals surface area contributed by atoms with Gasteiger partial charge in [0.1, 0.15) is 12.4 Å². The number of hydrogen-bond donors (Lipinski definition) is 1. The molecule has 25 heavy (non-hydrogen) atoms. The number of aryl methyl sites for hydroxylation is 1. The van der Waals surface area contributed by atoms with Crippen LogP contribution in [0.5, 0.6) is 0 Å². The van der Waals surface area contributed by atoms with Gasteiger partial charge in [-0.05, 0) is 31.2 Å². The third kappa shape index (κ3) is 3.99. The van der Waals surface area contributed by atoms with Gasteiger partial charge in [-0.25, -0.2) is 0 Å². The molecule has 1 aliphatic heterocycles. The van der Waals surface area contributed by atoms with Gasteiger partial charge in [0.25, 0.3) is 0 Å². The summed E-state index contributed by atoms with van der Waals surface area (Å²) in [6.45, 7) is 4.79. The summed E-state index contributed by atoms with van der Waals surface area (Å²) in [4.78, 5) is 17.3. The summed E-state index contributed by atoms with van der Waals surface area (Å²) in [5, 5.41) is 7.08. The van der Waals surface area contributed by atoms with E-state index < -0.39 is 0 Å². The number of nitrogens with zero attached hydrogens (tertiary/aromatic N) is 4. The van der Waals surface area contributed by atoms with Gasteiger partial charge >= 0.3 is 0 Å². The maximum absolute atomic E-state index is 13.1. The van der Waals surface area contributed by atoms with Crippen LogP contribution in [0.25, 0.3) is 0 Å². The number of carbonyl (C=O) groups is 1. The van der Waals surface area contributed by atoms with E-state index in [-0.39, 0.29) is 18.5 Å². The average molecular weight is 359 g/mol. The molecule has 7 heteroatoms. The van der Waals surface area contributed by atoms with Crippen LogP contribution >= 0.6 is 12.2 Å². The van der Waals surface area contributed by atoms with Crippen molar-refractivity contribution in [2.75, 3.05) is 26.7 Å². The molecule has 1 N–H and O–H groups in total. The fourth-order valence-electron chi connectivity index (χ4n) is 3.33. The van der Waals surface area contributed by atoms with Gasteiger partial charge in [-0.2, -0.15) is 5.10 Å². The summed E-state index contributed by atoms with van der Waals surface area (Å²) >= 11 is 5.31. The Morgan fingerprint density at radius 3 is 2.80 bits per heavy atom. The molecule has 2 heterocycles. The Labute approximate surface area is 153 Å². The van der Waals surface area contributed by atoms with Crippen LogP contribution in [0.1, 0.15) is 30.8 Å². The smallest absolute Gasteiger partial charge is 0.243 e. The molecule has 1 saturated heterocycles. The minimum Gasteiger partial charge on any atom is -0.332 e. The van der Waals surface area contributed by atoms with E-state index in [4.69, 9.17) is 12.2 Å². The Hall–Kier alpha value is -1.99. The lowest BCUT2D eigenvalue weighted by Gasteiger charge is -2.40. The minimum atomic E-state index is 0.0724. The molecule has 1 aromatic carbocycles. The number of aromatic nitrogens is 3. The molecule has 3 rings (SSSR count). The normalized spacial score (nSPS) is 18.5. The Bertz CT molecular complexity index is 769. The second-order valence-electron chi connectivity index (χ2n) is 6.56. The first-order valence-electron chi connectivity index (χ1n) is 8.77. The zero-order chi connectivity index (χ0) is 17.8. The van der Waals surface area contributed by atoms with Gasteiger partial charge < -0.3 is 9.80 Å². The van der Waals surface area contributed by atoms with E-state index in [1.807, 2.05) is 27.7 Å². The second kappa shape index (κ2) is 7.93. The zero-order valence-electron chi connectivity index (χ0n) is 14.8. The van der Waals surface area contributed by atoms with Gasteiger partial charge in [0.15, 0.2) is 4.77 Å². The highest BCUT2D eigenvalue weighted by atomic mass is 32.1. The fraction of sp³-hybridized carbons (Fsp3) is 0.500. The van der Waals surface area contributed by atoms with E-state index in [2.05, 4.69) is 41.2 Å². The summed E-state index contributed by atoms with van der Waals surface area (Å²) < 4.78 is 2.35. The molecule has 0 bridgehead atoms. The molecular formula is C18H25N5OS. The van der Waals surface area contributed by atoms with E-state index in [1.54, 1.807) is 0 Å². The number of hydrogen-bond acceptors (Lipinski definition) is 4. The van der Waals surface area contributed by atoms with Gasteiger partial charge in [-0.15, -0.1) is 0 Å². The Kier molecular flexibility index (Phi) is 5.65. The third-order valence-corrected chi connectivity index (χ3v) is 5.00. The highest BCUT2D eigenvalue weighted by Gasteiger charge is 2.30. The van der Waals surface area contributed by atoms with Crippen molar-refractivity contribution in [2.45, 2.75) is 32.4 Å². The van der Waals surface area contributed by atoms with Crippen LogP contribution in [0, 0.1) is 4.77 Å². The first-order valence-corrected chi connectivity index (χ1v) is 9.18. The fourth-order valence-corrected chi connectivity index (χ4v) is 3.55.